The van der Waals surface area contributed by atoms with Crippen molar-refractivity contribution in [1.29, 1.82) is 0 Å². The van der Waals surface area contributed by atoms with Crippen molar-refractivity contribution in [3.63, 3.8) is 0 Å². The molecule has 0 bridgehead atoms. The Labute approximate surface area is 104 Å². The van der Waals surface area contributed by atoms with Gasteiger partial charge in [-0.1, -0.05) is 25.7 Å². The van der Waals surface area contributed by atoms with Gasteiger partial charge in [0.2, 0.25) is 5.91 Å². The molecule has 3 atom stereocenters. The van der Waals surface area contributed by atoms with Gasteiger partial charge in [-0.05, 0) is 49.6 Å². The molecule has 2 aliphatic carbocycles. The molecule has 0 spiro atoms. The normalized spacial score (nSPS) is 31.0. The van der Waals surface area contributed by atoms with Gasteiger partial charge in [0.15, 0.2) is 0 Å². The Hall–Kier alpha value is -1.05. The number of hydrogen-bond acceptors (Lipinski definition) is 1. The molecule has 0 aromatic heterocycles. The number of rotatable bonds is 5. The van der Waals surface area contributed by atoms with Crippen molar-refractivity contribution in [1.82, 2.24) is 4.90 Å². The highest BCUT2D eigenvalue weighted by molar-refractivity contribution is 5.76. The molecule has 2 nitrogen and oxygen atoms in total. The Morgan fingerprint density at radius 1 is 1.53 bits per heavy atom. The third kappa shape index (κ3) is 2.99. The molecule has 0 heterocycles. The number of allylic oxidation sites excluding steroid dienone is 2. The maximum Gasteiger partial charge on any atom is 0.226 e. The standard InChI is InChI=1S/C15H23NO/c1-3-15(17)16(4-2)11-13-10-14(13)12-8-6-5-7-9-12/h4-6,12-14H,2-3,7-11H2,1H3/t12?,13-,14?/m1/s1. The van der Waals surface area contributed by atoms with Crippen LogP contribution < -0.4 is 0 Å². The van der Waals surface area contributed by atoms with E-state index >= 15 is 0 Å². The first-order valence-corrected chi connectivity index (χ1v) is 6.83. The number of carbonyl (C=O) groups is 1. The Morgan fingerprint density at radius 3 is 2.94 bits per heavy atom. The fourth-order valence-electron chi connectivity index (χ4n) is 3.00. The van der Waals surface area contributed by atoms with Crippen molar-refractivity contribution in [2.75, 3.05) is 6.54 Å². The predicted molar refractivity (Wildman–Crippen MR) is 70.3 cm³/mol. The van der Waals surface area contributed by atoms with Gasteiger partial charge in [-0.3, -0.25) is 4.79 Å². The highest BCUT2D eigenvalue weighted by Gasteiger charge is 2.43. The van der Waals surface area contributed by atoms with E-state index in [0.717, 1.165) is 24.3 Å². The fraction of sp³-hybridized carbons (Fsp3) is 0.667. The molecule has 0 aromatic rings. The lowest BCUT2D eigenvalue weighted by atomic mass is 9.89. The first kappa shape index (κ1) is 12.4. The molecule has 1 fully saturated rings. The number of nitrogens with zero attached hydrogens (tertiary/aromatic N) is 1. The number of amides is 1. The largest absolute Gasteiger partial charge is 0.319 e. The van der Waals surface area contributed by atoms with E-state index < -0.39 is 0 Å². The smallest absolute Gasteiger partial charge is 0.226 e. The van der Waals surface area contributed by atoms with Gasteiger partial charge in [0.05, 0.1) is 0 Å². The summed E-state index contributed by atoms with van der Waals surface area (Å²) in [5.74, 6) is 2.65. The van der Waals surface area contributed by atoms with Crippen molar-refractivity contribution in [3.05, 3.63) is 24.9 Å². The van der Waals surface area contributed by atoms with Crippen LogP contribution in [0, 0.1) is 17.8 Å². The van der Waals surface area contributed by atoms with Gasteiger partial charge in [0.1, 0.15) is 0 Å². The lowest BCUT2D eigenvalue weighted by molar-refractivity contribution is -0.128. The Kier molecular flexibility index (Phi) is 4.03. The van der Waals surface area contributed by atoms with Crippen molar-refractivity contribution >= 4 is 5.91 Å². The van der Waals surface area contributed by atoms with Crippen LogP contribution in [0.25, 0.3) is 0 Å². The summed E-state index contributed by atoms with van der Waals surface area (Å²) in [4.78, 5) is 13.4. The summed E-state index contributed by atoms with van der Waals surface area (Å²) in [7, 11) is 0. The molecule has 17 heavy (non-hydrogen) atoms. The molecule has 0 aromatic carbocycles. The van der Waals surface area contributed by atoms with Crippen LogP contribution in [0.5, 0.6) is 0 Å². The Balaban J connectivity index is 1.80. The minimum atomic E-state index is 0.203. The topological polar surface area (TPSA) is 20.3 Å². The van der Waals surface area contributed by atoms with Crippen LogP contribution in [-0.2, 0) is 4.79 Å². The van der Waals surface area contributed by atoms with Gasteiger partial charge >= 0.3 is 0 Å². The molecule has 2 aliphatic rings. The summed E-state index contributed by atoms with van der Waals surface area (Å²) in [5.41, 5.74) is 0. The zero-order chi connectivity index (χ0) is 12.3. The molecular weight excluding hydrogens is 210 g/mol. The molecule has 2 unspecified atom stereocenters. The van der Waals surface area contributed by atoms with Gasteiger partial charge < -0.3 is 4.90 Å². The molecule has 0 aliphatic heterocycles. The predicted octanol–water partition coefficient (Wildman–Crippen LogP) is 3.36. The van der Waals surface area contributed by atoms with E-state index in [9.17, 15) is 4.79 Å². The van der Waals surface area contributed by atoms with Gasteiger partial charge in [-0.2, -0.15) is 0 Å². The summed E-state index contributed by atoms with van der Waals surface area (Å²) in [6.07, 6.45) is 12.0. The summed E-state index contributed by atoms with van der Waals surface area (Å²) in [5, 5.41) is 0. The SMILES string of the molecule is C=CN(C[C@H]1CC1C1CC=CCC1)C(=O)CC. The van der Waals surface area contributed by atoms with Crippen LogP contribution in [0.15, 0.2) is 24.9 Å². The average molecular weight is 233 g/mol. The van der Waals surface area contributed by atoms with Crippen molar-refractivity contribution < 1.29 is 4.79 Å². The Bertz CT molecular complexity index is 321. The zero-order valence-electron chi connectivity index (χ0n) is 10.8. The lowest BCUT2D eigenvalue weighted by Crippen LogP contribution is -2.27. The molecule has 1 saturated carbocycles. The number of carbonyl (C=O) groups excluding carboxylic acids is 1. The maximum absolute atomic E-state index is 11.6. The van der Waals surface area contributed by atoms with Gasteiger partial charge in [0.25, 0.3) is 0 Å². The van der Waals surface area contributed by atoms with Crippen LogP contribution in [0.4, 0.5) is 0 Å². The fourth-order valence-corrected chi connectivity index (χ4v) is 3.00. The highest BCUT2D eigenvalue weighted by Crippen LogP contribution is 2.48. The summed E-state index contributed by atoms with van der Waals surface area (Å²) < 4.78 is 0. The maximum atomic E-state index is 11.6. The van der Waals surface area contributed by atoms with Crippen LogP contribution in [-0.4, -0.2) is 17.4 Å². The Morgan fingerprint density at radius 2 is 2.35 bits per heavy atom. The second-order valence-corrected chi connectivity index (χ2v) is 5.29. The van der Waals surface area contributed by atoms with E-state index in [4.69, 9.17) is 0 Å². The van der Waals surface area contributed by atoms with Crippen LogP contribution in [0.1, 0.15) is 39.0 Å². The number of hydrogen-bond donors (Lipinski definition) is 0. The summed E-state index contributed by atoms with van der Waals surface area (Å²) in [6, 6.07) is 0. The second kappa shape index (κ2) is 5.52. The van der Waals surface area contributed by atoms with E-state index in [2.05, 4.69) is 18.7 Å². The van der Waals surface area contributed by atoms with E-state index in [1.807, 2.05) is 11.8 Å². The lowest BCUT2D eigenvalue weighted by Gasteiger charge is -2.20. The molecule has 2 rings (SSSR count). The zero-order valence-corrected chi connectivity index (χ0v) is 10.8. The molecule has 94 valence electrons. The summed E-state index contributed by atoms with van der Waals surface area (Å²) in [6.45, 7) is 6.54. The average Bonchev–Trinajstić information content (AvgIpc) is 3.15. The van der Waals surface area contributed by atoms with E-state index in [1.165, 1.54) is 25.7 Å². The van der Waals surface area contributed by atoms with E-state index in [1.54, 1.807) is 6.20 Å². The van der Waals surface area contributed by atoms with Crippen molar-refractivity contribution in [2.45, 2.75) is 39.0 Å². The van der Waals surface area contributed by atoms with Gasteiger partial charge in [-0.15, -0.1) is 0 Å². The van der Waals surface area contributed by atoms with E-state index in [0.29, 0.717) is 6.42 Å². The third-order valence-electron chi connectivity index (χ3n) is 4.17. The van der Waals surface area contributed by atoms with Crippen LogP contribution in [0.2, 0.25) is 0 Å². The van der Waals surface area contributed by atoms with E-state index in [-0.39, 0.29) is 5.91 Å². The minimum absolute atomic E-state index is 0.203. The summed E-state index contributed by atoms with van der Waals surface area (Å²) >= 11 is 0. The quantitative estimate of drug-likeness (QED) is 0.667. The molecule has 0 N–H and O–H groups in total. The van der Waals surface area contributed by atoms with Gasteiger partial charge in [0, 0.05) is 13.0 Å². The minimum Gasteiger partial charge on any atom is -0.319 e. The molecule has 0 radical (unpaired) electrons. The van der Waals surface area contributed by atoms with Crippen molar-refractivity contribution in [2.24, 2.45) is 17.8 Å². The third-order valence-corrected chi connectivity index (χ3v) is 4.17. The molecule has 2 heteroatoms. The monoisotopic (exact) mass is 233 g/mol. The molecule has 1 amide bonds. The second-order valence-electron chi connectivity index (χ2n) is 5.29. The first-order valence-electron chi connectivity index (χ1n) is 6.83. The molecule has 0 saturated heterocycles. The van der Waals surface area contributed by atoms with Gasteiger partial charge in [-0.25, -0.2) is 0 Å². The highest BCUT2D eigenvalue weighted by atomic mass is 16.2. The van der Waals surface area contributed by atoms with Crippen molar-refractivity contribution in [3.8, 4) is 0 Å². The van der Waals surface area contributed by atoms with Crippen LogP contribution in [0.3, 0.4) is 0 Å². The van der Waals surface area contributed by atoms with Crippen LogP contribution >= 0.6 is 0 Å². The molecular formula is C15H23NO. The first-order chi connectivity index (χ1) is 8.26.